The average Bonchev–Trinajstić information content (AvgIpc) is 3.52. The zero-order valence-electron chi connectivity index (χ0n) is 20.0. The maximum atomic E-state index is 13.2. The van der Waals surface area contributed by atoms with Crippen molar-refractivity contribution < 1.29 is 13.9 Å². The number of ether oxygens (including phenoxy) is 1. The van der Waals surface area contributed by atoms with Gasteiger partial charge in [0.25, 0.3) is 0 Å². The summed E-state index contributed by atoms with van der Waals surface area (Å²) in [5.74, 6) is 0.541. The highest BCUT2D eigenvalue weighted by Crippen LogP contribution is 2.26. The zero-order valence-corrected chi connectivity index (χ0v) is 20.8. The summed E-state index contributed by atoms with van der Waals surface area (Å²) in [4.78, 5) is 14.2. The number of carbonyl (C=O) groups is 1. The number of fused-ring (bicyclic) bond motifs is 3. The van der Waals surface area contributed by atoms with Gasteiger partial charge in [0, 0.05) is 30.7 Å². The minimum Gasteiger partial charge on any atom is -0.494 e. The maximum absolute atomic E-state index is 13.2. The van der Waals surface area contributed by atoms with E-state index in [2.05, 4.69) is 22.2 Å². The molecule has 0 saturated carbocycles. The van der Waals surface area contributed by atoms with Gasteiger partial charge in [0.05, 0.1) is 18.1 Å². The summed E-state index contributed by atoms with van der Waals surface area (Å²) in [5, 5.41) is 13.9. The molecule has 0 N–H and O–H groups in total. The van der Waals surface area contributed by atoms with Gasteiger partial charge in [-0.25, -0.2) is 8.91 Å². The first-order chi connectivity index (χ1) is 17.5. The third-order valence-electron chi connectivity index (χ3n) is 5.82. The number of hydrogen-bond donors (Lipinski definition) is 0. The molecule has 5 aromatic rings. The van der Waals surface area contributed by atoms with Crippen molar-refractivity contribution in [2.24, 2.45) is 0 Å². The van der Waals surface area contributed by atoms with Crippen LogP contribution in [0.5, 0.6) is 5.75 Å². The van der Waals surface area contributed by atoms with Gasteiger partial charge in [0.15, 0.2) is 10.8 Å². The van der Waals surface area contributed by atoms with Crippen LogP contribution in [0.15, 0.2) is 72.1 Å². The molecule has 0 bridgehead atoms. The van der Waals surface area contributed by atoms with Crippen molar-refractivity contribution in [2.75, 3.05) is 24.3 Å². The molecular weight excluding hydrogens is 479 g/mol. The molecule has 0 saturated heterocycles. The number of halogens is 1. The van der Waals surface area contributed by atoms with Crippen LogP contribution in [0.2, 0.25) is 0 Å². The van der Waals surface area contributed by atoms with E-state index in [4.69, 9.17) is 4.74 Å². The number of benzene rings is 2. The number of carbonyl (C=O) groups excluding carboxylic acids is 1. The van der Waals surface area contributed by atoms with Gasteiger partial charge in [-0.15, -0.1) is 10.2 Å². The van der Waals surface area contributed by atoms with Crippen molar-refractivity contribution in [3.8, 4) is 17.0 Å². The van der Waals surface area contributed by atoms with Crippen LogP contribution in [0, 0.1) is 5.82 Å². The zero-order chi connectivity index (χ0) is 25.1. The van der Waals surface area contributed by atoms with Crippen LogP contribution in [0.4, 0.5) is 10.1 Å². The summed E-state index contributed by atoms with van der Waals surface area (Å²) in [6.07, 6.45) is 5.80. The summed E-state index contributed by atoms with van der Waals surface area (Å²) >= 11 is 1.29. The minimum absolute atomic E-state index is 0.127. The molecule has 0 aliphatic carbocycles. The Morgan fingerprint density at radius 2 is 1.86 bits per heavy atom. The van der Waals surface area contributed by atoms with Crippen LogP contribution < -0.4 is 9.64 Å². The molecule has 36 heavy (non-hydrogen) atoms. The molecule has 0 atom stereocenters. The third-order valence-corrected chi connectivity index (χ3v) is 6.74. The number of nitrogens with zero attached hydrogens (tertiary/aromatic N) is 6. The maximum Gasteiger partial charge on any atom is 0.237 e. The van der Waals surface area contributed by atoms with Gasteiger partial charge in [0.2, 0.25) is 5.91 Å². The molecule has 3 aromatic heterocycles. The van der Waals surface area contributed by atoms with Gasteiger partial charge in [0.1, 0.15) is 17.1 Å². The number of rotatable bonds is 9. The van der Waals surface area contributed by atoms with Gasteiger partial charge in [-0.3, -0.25) is 9.20 Å². The van der Waals surface area contributed by atoms with E-state index < -0.39 is 0 Å². The topological polar surface area (TPSA) is 77.0 Å². The van der Waals surface area contributed by atoms with E-state index in [-0.39, 0.29) is 17.5 Å². The summed E-state index contributed by atoms with van der Waals surface area (Å²) in [6, 6.07) is 15.7. The molecule has 0 unspecified atom stereocenters. The summed E-state index contributed by atoms with van der Waals surface area (Å²) in [7, 11) is 1.67. The Labute approximate surface area is 211 Å². The Bertz CT molecular complexity index is 1500. The van der Waals surface area contributed by atoms with Gasteiger partial charge in [-0.1, -0.05) is 25.1 Å². The number of anilines is 1. The fraction of sp³-hybridized carbons (Fsp3) is 0.231. The lowest BCUT2D eigenvalue weighted by molar-refractivity contribution is -0.115. The number of amides is 1. The Kier molecular flexibility index (Phi) is 6.86. The van der Waals surface area contributed by atoms with Gasteiger partial charge in [-0.05, 0) is 61.0 Å². The normalized spacial score (nSPS) is 11.3. The number of hydrogen-bond acceptors (Lipinski definition) is 6. The second-order valence-electron chi connectivity index (χ2n) is 8.28. The minimum atomic E-state index is -0.341. The Hall–Kier alpha value is -3.92. The van der Waals surface area contributed by atoms with Gasteiger partial charge < -0.3 is 9.64 Å². The standard InChI is InChI=1S/C26H25FN6O2S/c1-3-4-15-35-21-11-5-18(6-12-21)22-16-23-25-28-29-26(32(25)13-14-33(23)30-22)36-17-24(34)31(2)20-9-7-19(27)8-10-20/h5-14,16H,3-4,15,17H2,1-2H3. The molecular formula is C26H25FN6O2S. The molecule has 5 rings (SSSR count). The van der Waals surface area contributed by atoms with E-state index in [0.29, 0.717) is 23.1 Å². The van der Waals surface area contributed by atoms with E-state index in [9.17, 15) is 9.18 Å². The van der Waals surface area contributed by atoms with Crippen molar-refractivity contribution >= 4 is 34.5 Å². The molecule has 184 valence electrons. The second kappa shape index (κ2) is 10.4. The van der Waals surface area contributed by atoms with Crippen molar-refractivity contribution in [3.05, 3.63) is 72.8 Å². The largest absolute Gasteiger partial charge is 0.494 e. The summed E-state index contributed by atoms with van der Waals surface area (Å²) in [6.45, 7) is 2.85. The molecule has 0 aliphatic rings. The lowest BCUT2D eigenvalue weighted by Gasteiger charge is -2.16. The predicted molar refractivity (Wildman–Crippen MR) is 138 cm³/mol. The summed E-state index contributed by atoms with van der Waals surface area (Å²) < 4.78 is 22.5. The van der Waals surface area contributed by atoms with Crippen molar-refractivity contribution in [3.63, 3.8) is 0 Å². The van der Waals surface area contributed by atoms with Crippen LogP contribution in [-0.4, -0.2) is 49.5 Å². The first kappa shape index (κ1) is 23.8. The first-order valence-electron chi connectivity index (χ1n) is 11.6. The molecule has 0 aliphatic heterocycles. The molecule has 10 heteroatoms. The van der Waals surface area contributed by atoms with Crippen LogP contribution in [0.25, 0.3) is 22.4 Å². The molecule has 0 fully saturated rings. The quantitative estimate of drug-likeness (QED) is 0.205. The van der Waals surface area contributed by atoms with Crippen molar-refractivity contribution in [1.29, 1.82) is 0 Å². The second-order valence-corrected chi connectivity index (χ2v) is 9.22. The molecule has 2 aromatic carbocycles. The van der Waals surface area contributed by atoms with Crippen LogP contribution in [0.3, 0.4) is 0 Å². The molecule has 1 amide bonds. The van der Waals surface area contributed by atoms with Crippen molar-refractivity contribution in [1.82, 2.24) is 24.2 Å². The van der Waals surface area contributed by atoms with Crippen molar-refractivity contribution in [2.45, 2.75) is 24.9 Å². The Morgan fingerprint density at radius 1 is 1.08 bits per heavy atom. The summed E-state index contributed by atoms with van der Waals surface area (Å²) in [5.41, 5.74) is 3.88. The monoisotopic (exact) mass is 504 g/mol. The van der Waals surface area contributed by atoms with Crippen LogP contribution in [0.1, 0.15) is 19.8 Å². The third kappa shape index (κ3) is 4.90. The van der Waals surface area contributed by atoms with Crippen LogP contribution >= 0.6 is 11.8 Å². The Morgan fingerprint density at radius 3 is 2.61 bits per heavy atom. The highest BCUT2D eigenvalue weighted by molar-refractivity contribution is 7.99. The predicted octanol–water partition coefficient (Wildman–Crippen LogP) is 5.12. The smallest absolute Gasteiger partial charge is 0.237 e. The lowest BCUT2D eigenvalue weighted by atomic mass is 10.1. The molecule has 0 radical (unpaired) electrons. The lowest BCUT2D eigenvalue weighted by Crippen LogP contribution is -2.27. The number of thioether (sulfide) groups is 1. The highest BCUT2D eigenvalue weighted by atomic mass is 32.2. The van der Waals surface area contributed by atoms with Gasteiger partial charge in [-0.2, -0.15) is 5.10 Å². The van der Waals surface area contributed by atoms with Gasteiger partial charge >= 0.3 is 0 Å². The Balaban J connectivity index is 1.32. The number of aromatic nitrogens is 5. The van der Waals surface area contributed by atoms with E-state index in [1.165, 1.54) is 28.8 Å². The molecule has 0 spiro atoms. The fourth-order valence-corrected chi connectivity index (χ4v) is 4.55. The molecule has 3 heterocycles. The van der Waals surface area contributed by atoms with E-state index in [1.54, 1.807) is 23.7 Å². The average molecular weight is 505 g/mol. The fourth-order valence-electron chi connectivity index (χ4n) is 3.72. The first-order valence-corrected chi connectivity index (χ1v) is 12.6. The van der Waals surface area contributed by atoms with E-state index in [1.807, 2.05) is 47.1 Å². The van der Waals surface area contributed by atoms with E-state index in [0.717, 1.165) is 35.4 Å². The molecule has 8 nitrogen and oxygen atoms in total. The SMILES string of the molecule is CCCCOc1ccc(-c2cc3c4nnc(SCC(=O)N(C)c5ccc(F)cc5)n4ccn3n2)cc1. The van der Waals surface area contributed by atoms with Crippen LogP contribution in [-0.2, 0) is 4.79 Å². The number of unbranched alkanes of at least 4 members (excludes halogenated alkanes) is 1. The van der Waals surface area contributed by atoms with E-state index >= 15 is 0 Å². The highest BCUT2D eigenvalue weighted by Gasteiger charge is 2.16.